The van der Waals surface area contributed by atoms with Crippen LogP contribution in [0.15, 0.2) is 22.3 Å². The Balaban J connectivity index is 1.29. The number of carbonyl (C=O) groups is 2. The summed E-state index contributed by atoms with van der Waals surface area (Å²) < 4.78 is 18.3. The van der Waals surface area contributed by atoms with Crippen LogP contribution in [-0.4, -0.2) is 64.7 Å². The molecule has 1 saturated heterocycles. The molecule has 216 valence electrons. The van der Waals surface area contributed by atoms with Crippen LogP contribution in [0.25, 0.3) is 0 Å². The van der Waals surface area contributed by atoms with Gasteiger partial charge >= 0.3 is 5.97 Å². The van der Waals surface area contributed by atoms with E-state index in [0.29, 0.717) is 25.0 Å². The first-order valence-electron chi connectivity index (χ1n) is 15.2. The molecule has 2 saturated carbocycles. The van der Waals surface area contributed by atoms with Crippen LogP contribution in [0.2, 0.25) is 0 Å². The predicted octanol–water partition coefficient (Wildman–Crippen LogP) is 4.43. The van der Waals surface area contributed by atoms with Crippen molar-refractivity contribution >= 4 is 11.8 Å². The molecule has 11 atom stereocenters. The van der Waals surface area contributed by atoms with Gasteiger partial charge in [-0.25, -0.2) is 4.79 Å². The number of hydrogen-bond donors (Lipinski definition) is 2. The highest BCUT2D eigenvalue weighted by molar-refractivity contribution is 5.90. The summed E-state index contributed by atoms with van der Waals surface area (Å²) in [5.41, 5.74) is 2.21. The average molecular weight is 543 g/mol. The third-order valence-electron chi connectivity index (χ3n) is 12.4. The summed E-state index contributed by atoms with van der Waals surface area (Å²) >= 11 is 0. The SMILES string of the molecule is CCCCO[C@H]1CC(=O)[C@]2(C)[C@H]3CCC4=C(C[C@@H](O)[C@@]4(C)[C@H](C)[C@H]4CC(C)=C(C)C(=O)O4)[C@@H]3C[C@H]3O[C@]32[C@H]1O. The number of cyclic esters (lactones) is 1. The van der Waals surface area contributed by atoms with E-state index in [-0.39, 0.29) is 48.1 Å². The molecule has 6 rings (SSSR count). The highest BCUT2D eigenvalue weighted by atomic mass is 16.6. The van der Waals surface area contributed by atoms with Crippen molar-refractivity contribution in [1.82, 2.24) is 0 Å². The van der Waals surface area contributed by atoms with Crippen LogP contribution < -0.4 is 0 Å². The Hall–Kier alpha value is -1.54. The van der Waals surface area contributed by atoms with Crippen molar-refractivity contribution in [3.05, 3.63) is 22.3 Å². The second kappa shape index (κ2) is 9.23. The number of aliphatic hydroxyl groups is 2. The zero-order chi connectivity index (χ0) is 28.1. The lowest BCUT2D eigenvalue weighted by atomic mass is 9.47. The number of ether oxygens (including phenoxy) is 3. The van der Waals surface area contributed by atoms with Crippen LogP contribution >= 0.6 is 0 Å². The second-order valence-electron chi connectivity index (χ2n) is 13.8. The lowest BCUT2D eigenvalue weighted by Crippen LogP contribution is -2.67. The Kier molecular flexibility index (Phi) is 6.54. The third-order valence-corrected chi connectivity index (χ3v) is 12.4. The standard InChI is InChI=1S/C32H46O7/c1-7-8-11-37-24-15-26(34)31(6)22-10-9-21-19(20(22)14-27-32(31,39-27)28(24)35)13-25(33)30(21,5)18(4)23-12-16(2)17(3)29(36)38-23/h18,20,22-25,27-28,33,35H,7-15H2,1-6H3/t18-,20+,22+,23-,24+,25-,27-,28+,30+,31+,32+/m1/s1. The van der Waals surface area contributed by atoms with Gasteiger partial charge in [-0.15, -0.1) is 0 Å². The summed E-state index contributed by atoms with van der Waals surface area (Å²) in [5, 5.41) is 23.1. The molecule has 0 amide bonds. The van der Waals surface area contributed by atoms with Crippen LogP contribution in [0.5, 0.6) is 0 Å². The van der Waals surface area contributed by atoms with Crippen LogP contribution in [-0.2, 0) is 23.8 Å². The normalized spacial score (nSPS) is 47.7. The molecule has 7 nitrogen and oxygen atoms in total. The van der Waals surface area contributed by atoms with Crippen LogP contribution in [0.3, 0.4) is 0 Å². The molecule has 39 heavy (non-hydrogen) atoms. The third kappa shape index (κ3) is 3.55. The quantitative estimate of drug-likeness (QED) is 0.221. The fourth-order valence-electron chi connectivity index (χ4n) is 9.48. The summed E-state index contributed by atoms with van der Waals surface area (Å²) in [4.78, 5) is 26.4. The zero-order valence-electron chi connectivity index (χ0n) is 24.4. The molecule has 7 heteroatoms. The van der Waals surface area contributed by atoms with E-state index in [9.17, 15) is 19.8 Å². The maximum absolute atomic E-state index is 13.9. The summed E-state index contributed by atoms with van der Waals surface area (Å²) in [6.07, 6.45) is 3.49. The van der Waals surface area contributed by atoms with Crippen molar-refractivity contribution in [2.45, 2.75) is 129 Å². The Labute approximate surface area is 232 Å². The first-order valence-corrected chi connectivity index (χ1v) is 15.2. The molecule has 0 radical (unpaired) electrons. The van der Waals surface area contributed by atoms with Crippen molar-refractivity contribution in [3.8, 4) is 0 Å². The molecule has 0 bridgehead atoms. The fraction of sp³-hybridized carbons (Fsp3) is 0.812. The van der Waals surface area contributed by atoms with Crippen LogP contribution in [0.4, 0.5) is 0 Å². The van der Waals surface area contributed by atoms with Gasteiger partial charge in [-0.1, -0.05) is 43.9 Å². The Morgan fingerprint density at radius 2 is 1.87 bits per heavy atom. The molecule has 4 aliphatic carbocycles. The maximum atomic E-state index is 13.9. The number of esters is 1. The number of ketones is 1. The summed E-state index contributed by atoms with van der Waals surface area (Å²) in [5.74, 6) is 0.0713. The number of Topliss-reactive ketones (excluding diaryl/α,β-unsaturated/α-hetero) is 1. The van der Waals surface area contributed by atoms with Gasteiger partial charge in [0.2, 0.25) is 0 Å². The smallest absolute Gasteiger partial charge is 0.333 e. The largest absolute Gasteiger partial charge is 0.458 e. The van der Waals surface area contributed by atoms with E-state index >= 15 is 0 Å². The van der Waals surface area contributed by atoms with E-state index in [2.05, 4.69) is 20.8 Å². The van der Waals surface area contributed by atoms with Gasteiger partial charge in [0.05, 0.1) is 23.7 Å². The minimum atomic E-state index is -0.857. The van der Waals surface area contributed by atoms with Crippen LogP contribution in [0, 0.1) is 28.6 Å². The number of rotatable bonds is 6. The van der Waals surface area contributed by atoms with Gasteiger partial charge in [-0.05, 0) is 64.7 Å². The van der Waals surface area contributed by atoms with Crippen molar-refractivity contribution in [1.29, 1.82) is 0 Å². The summed E-state index contributed by atoms with van der Waals surface area (Å²) in [7, 11) is 0. The summed E-state index contributed by atoms with van der Waals surface area (Å²) in [6, 6.07) is 0. The van der Waals surface area contributed by atoms with Crippen LogP contribution in [0.1, 0.15) is 92.9 Å². The monoisotopic (exact) mass is 542 g/mol. The van der Waals surface area contributed by atoms with E-state index in [4.69, 9.17) is 14.2 Å². The molecule has 0 unspecified atom stereocenters. The first kappa shape index (κ1) is 27.6. The molecular weight excluding hydrogens is 496 g/mol. The lowest BCUT2D eigenvalue weighted by molar-refractivity contribution is -0.177. The molecule has 0 aromatic rings. The number of hydrogen-bond acceptors (Lipinski definition) is 7. The highest BCUT2D eigenvalue weighted by Gasteiger charge is 2.81. The molecule has 2 N–H and O–H groups in total. The number of aliphatic hydroxyl groups excluding tert-OH is 2. The molecule has 6 aliphatic rings. The van der Waals surface area contributed by atoms with Crippen molar-refractivity contribution in [3.63, 3.8) is 0 Å². The molecule has 0 aromatic heterocycles. The molecule has 1 spiro atoms. The van der Waals surface area contributed by atoms with E-state index in [0.717, 1.165) is 37.7 Å². The lowest BCUT2D eigenvalue weighted by Gasteiger charge is -2.55. The van der Waals surface area contributed by atoms with Gasteiger partial charge in [0.25, 0.3) is 0 Å². The Bertz CT molecular complexity index is 1140. The molecule has 0 aromatic carbocycles. The minimum Gasteiger partial charge on any atom is -0.458 e. The first-order chi connectivity index (χ1) is 18.4. The van der Waals surface area contributed by atoms with Gasteiger partial charge < -0.3 is 24.4 Å². The summed E-state index contributed by atoms with van der Waals surface area (Å²) in [6.45, 7) is 12.8. The highest BCUT2D eigenvalue weighted by Crippen LogP contribution is 2.71. The van der Waals surface area contributed by atoms with Gasteiger partial charge in [-0.2, -0.15) is 0 Å². The molecular formula is C32H46O7. The number of fused-ring (bicyclic) bond motifs is 3. The second-order valence-corrected chi connectivity index (χ2v) is 13.8. The predicted molar refractivity (Wildman–Crippen MR) is 145 cm³/mol. The van der Waals surface area contributed by atoms with E-state index in [1.165, 1.54) is 11.1 Å². The zero-order valence-corrected chi connectivity index (χ0v) is 24.4. The average Bonchev–Trinajstić information content (AvgIpc) is 3.58. The topological polar surface area (TPSA) is 106 Å². The Morgan fingerprint density at radius 1 is 1.13 bits per heavy atom. The van der Waals surface area contributed by atoms with Gasteiger partial charge in [0, 0.05) is 36.4 Å². The van der Waals surface area contributed by atoms with Gasteiger partial charge in [0.1, 0.15) is 23.6 Å². The van der Waals surface area contributed by atoms with E-state index in [1.54, 1.807) is 0 Å². The Morgan fingerprint density at radius 3 is 2.56 bits per heavy atom. The van der Waals surface area contributed by atoms with Crippen molar-refractivity contribution in [2.75, 3.05) is 6.61 Å². The fourth-order valence-corrected chi connectivity index (χ4v) is 9.48. The maximum Gasteiger partial charge on any atom is 0.333 e. The van der Waals surface area contributed by atoms with Gasteiger partial charge in [0.15, 0.2) is 0 Å². The van der Waals surface area contributed by atoms with E-state index < -0.39 is 34.7 Å². The molecule has 2 aliphatic heterocycles. The molecule has 2 heterocycles. The van der Waals surface area contributed by atoms with Gasteiger partial charge in [-0.3, -0.25) is 4.79 Å². The minimum absolute atomic E-state index is 0.0434. The number of epoxide rings is 1. The van der Waals surface area contributed by atoms with Crippen molar-refractivity contribution < 1.29 is 34.0 Å². The number of unbranched alkanes of at least 4 members (excludes halogenated alkanes) is 1. The van der Waals surface area contributed by atoms with E-state index in [1.807, 2.05) is 20.8 Å². The number of carbonyl (C=O) groups excluding carboxylic acids is 2. The molecule has 3 fully saturated rings. The van der Waals surface area contributed by atoms with Crippen molar-refractivity contribution in [2.24, 2.45) is 28.6 Å².